The monoisotopic (exact) mass is 304 g/mol. The van der Waals surface area contributed by atoms with Crippen LogP contribution in [0.25, 0.3) is 0 Å². The molecule has 0 heterocycles. The first-order valence-electron chi connectivity index (χ1n) is 6.61. The average Bonchev–Trinajstić information content (AvgIpc) is 2.45. The Kier molecular flexibility index (Phi) is 4.70. The van der Waals surface area contributed by atoms with Crippen LogP contribution in [0.2, 0.25) is 5.02 Å². The summed E-state index contributed by atoms with van der Waals surface area (Å²) in [7, 11) is 0. The normalized spacial score (nSPS) is 10.2. The standard InChI is InChI=1S/C16H17ClN2O2/c1-3-21-15-7-5-4-6-11(15)16(20)19-14-9-12(17)13(18)8-10(14)2/h4-9H,3,18H2,1-2H3,(H,19,20). The molecule has 0 unspecified atom stereocenters. The molecule has 0 radical (unpaired) electrons. The van der Waals surface area contributed by atoms with Crippen LogP contribution in [-0.4, -0.2) is 12.5 Å². The van der Waals surface area contributed by atoms with Gasteiger partial charge in [0.2, 0.25) is 0 Å². The van der Waals surface area contributed by atoms with Crippen molar-refractivity contribution >= 4 is 28.9 Å². The zero-order chi connectivity index (χ0) is 15.4. The Hall–Kier alpha value is -2.20. The molecule has 3 N–H and O–H groups in total. The fourth-order valence-corrected chi connectivity index (χ4v) is 2.13. The lowest BCUT2D eigenvalue weighted by Crippen LogP contribution is -2.14. The van der Waals surface area contributed by atoms with Gasteiger partial charge in [-0.15, -0.1) is 0 Å². The Bertz CT molecular complexity index is 671. The second-order valence-electron chi connectivity index (χ2n) is 4.57. The maximum Gasteiger partial charge on any atom is 0.259 e. The van der Waals surface area contributed by atoms with Crippen molar-refractivity contribution in [3.8, 4) is 5.75 Å². The second kappa shape index (κ2) is 6.50. The van der Waals surface area contributed by atoms with Crippen LogP contribution in [0.1, 0.15) is 22.8 Å². The van der Waals surface area contributed by atoms with E-state index >= 15 is 0 Å². The van der Waals surface area contributed by atoms with Crippen LogP contribution in [0.15, 0.2) is 36.4 Å². The van der Waals surface area contributed by atoms with E-state index in [0.29, 0.717) is 34.3 Å². The van der Waals surface area contributed by atoms with E-state index < -0.39 is 0 Å². The smallest absolute Gasteiger partial charge is 0.259 e. The van der Waals surface area contributed by atoms with Crippen LogP contribution in [0.4, 0.5) is 11.4 Å². The van der Waals surface area contributed by atoms with E-state index in [2.05, 4.69) is 5.32 Å². The molecule has 110 valence electrons. The van der Waals surface area contributed by atoms with Crippen molar-refractivity contribution in [2.24, 2.45) is 0 Å². The highest BCUT2D eigenvalue weighted by Crippen LogP contribution is 2.28. The minimum absolute atomic E-state index is 0.247. The van der Waals surface area contributed by atoms with E-state index in [1.165, 1.54) is 0 Å². The van der Waals surface area contributed by atoms with Gasteiger partial charge in [0.05, 0.1) is 22.9 Å². The molecule has 0 fully saturated rings. The first-order valence-corrected chi connectivity index (χ1v) is 6.99. The summed E-state index contributed by atoms with van der Waals surface area (Å²) in [5, 5.41) is 3.25. The summed E-state index contributed by atoms with van der Waals surface area (Å²) < 4.78 is 5.46. The zero-order valence-electron chi connectivity index (χ0n) is 11.9. The summed E-state index contributed by atoms with van der Waals surface area (Å²) in [6.07, 6.45) is 0. The third kappa shape index (κ3) is 3.47. The first-order chi connectivity index (χ1) is 10.0. The van der Waals surface area contributed by atoms with E-state index in [9.17, 15) is 4.79 Å². The van der Waals surface area contributed by atoms with Crippen molar-refractivity contribution in [3.05, 3.63) is 52.5 Å². The fraction of sp³-hybridized carbons (Fsp3) is 0.188. The molecule has 0 aliphatic carbocycles. The summed E-state index contributed by atoms with van der Waals surface area (Å²) in [6, 6.07) is 10.5. The van der Waals surface area contributed by atoms with Gasteiger partial charge in [0.1, 0.15) is 5.75 Å². The van der Waals surface area contributed by atoms with E-state index in [1.807, 2.05) is 19.9 Å². The lowest BCUT2D eigenvalue weighted by atomic mass is 10.1. The van der Waals surface area contributed by atoms with Gasteiger partial charge in [-0.05, 0) is 43.7 Å². The van der Waals surface area contributed by atoms with Crippen molar-refractivity contribution < 1.29 is 9.53 Å². The number of aryl methyl sites for hydroxylation is 1. The fourth-order valence-electron chi connectivity index (χ4n) is 1.96. The Labute approximate surface area is 128 Å². The lowest BCUT2D eigenvalue weighted by molar-refractivity contribution is 0.102. The molecule has 2 aromatic carbocycles. The van der Waals surface area contributed by atoms with Gasteiger partial charge in [0.15, 0.2) is 0 Å². The summed E-state index contributed by atoms with van der Waals surface area (Å²) in [5.74, 6) is 0.305. The number of rotatable bonds is 4. The lowest BCUT2D eigenvalue weighted by Gasteiger charge is -2.13. The second-order valence-corrected chi connectivity index (χ2v) is 4.98. The Morgan fingerprint density at radius 3 is 2.76 bits per heavy atom. The Morgan fingerprint density at radius 1 is 1.33 bits per heavy atom. The van der Waals surface area contributed by atoms with Crippen LogP contribution < -0.4 is 15.8 Å². The van der Waals surface area contributed by atoms with E-state index in [1.54, 1.807) is 30.3 Å². The van der Waals surface area contributed by atoms with E-state index in [-0.39, 0.29) is 5.91 Å². The number of carbonyl (C=O) groups is 1. The number of hydrogen-bond donors (Lipinski definition) is 2. The molecule has 2 rings (SSSR count). The molecule has 0 atom stereocenters. The molecule has 0 aliphatic heterocycles. The predicted octanol–water partition coefficient (Wildman–Crippen LogP) is 3.88. The SMILES string of the molecule is CCOc1ccccc1C(=O)Nc1cc(Cl)c(N)cc1C. The Balaban J connectivity index is 2.28. The number of nitrogen functional groups attached to an aromatic ring is 1. The molecule has 2 aromatic rings. The molecule has 4 nitrogen and oxygen atoms in total. The molecule has 0 aliphatic rings. The van der Waals surface area contributed by atoms with Crippen LogP contribution in [0, 0.1) is 6.92 Å². The third-order valence-corrected chi connectivity index (χ3v) is 3.35. The highest BCUT2D eigenvalue weighted by Gasteiger charge is 2.13. The van der Waals surface area contributed by atoms with Crippen molar-refractivity contribution in [1.82, 2.24) is 0 Å². The van der Waals surface area contributed by atoms with Crippen LogP contribution in [0.5, 0.6) is 5.75 Å². The number of para-hydroxylation sites is 1. The van der Waals surface area contributed by atoms with Gasteiger partial charge in [-0.1, -0.05) is 23.7 Å². The average molecular weight is 305 g/mol. The number of nitrogens with one attached hydrogen (secondary N) is 1. The van der Waals surface area contributed by atoms with Gasteiger partial charge in [-0.3, -0.25) is 4.79 Å². The van der Waals surface area contributed by atoms with Crippen LogP contribution >= 0.6 is 11.6 Å². The molecule has 0 bridgehead atoms. The minimum Gasteiger partial charge on any atom is -0.493 e. The molecule has 21 heavy (non-hydrogen) atoms. The largest absolute Gasteiger partial charge is 0.493 e. The van der Waals surface area contributed by atoms with Gasteiger partial charge in [0.25, 0.3) is 5.91 Å². The maximum atomic E-state index is 12.4. The summed E-state index contributed by atoms with van der Waals surface area (Å²) in [6.45, 7) is 4.23. The molecule has 0 saturated heterocycles. The third-order valence-electron chi connectivity index (χ3n) is 3.02. The van der Waals surface area contributed by atoms with Crippen LogP contribution in [-0.2, 0) is 0 Å². The van der Waals surface area contributed by atoms with Crippen molar-refractivity contribution in [2.75, 3.05) is 17.7 Å². The number of nitrogens with two attached hydrogens (primary N) is 1. The van der Waals surface area contributed by atoms with Crippen molar-refractivity contribution in [3.63, 3.8) is 0 Å². The number of hydrogen-bond acceptors (Lipinski definition) is 3. The minimum atomic E-state index is -0.247. The predicted molar refractivity (Wildman–Crippen MR) is 86.2 cm³/mol. The van der Waals surface area contributed by atoms with Gasteiger partial charge in [-0.25, -0.2) is 0 Å². The highest BCUT2D eigenvalue weighted by molar-refractivity contribution is 6.33. The quantitative estimate of drug-likeness (QED) is 0.842. The number of carbonyl (C=O) groups excluding carboxylic acids is 1. The van der Waals surface area contributed by atoms with Gasteiger partial charge >= 0.3 is 0 Å². The highest BCUT2D eigenvalue weighted by atomic mass is 35.5. The van der Waals surface area contributed by atoms with Crippen LogP contribution in [0.3, 0.4) is 0 Å². The van der Waals surface area contributed by atoms with E-state index in [0.717, 1.165) is 5.56 Å². The van der Waals surface area contributed by atoms with Crippen molar-refractivity contribution in [2.45, 2.75) is 13.8 Å². The van der Waals surface area contributed by atoms with Gasteiger partial charge in [0, 0.05) is 5.69 Å². The number of amides is 1. The maximum absolute atomic E-state index is 12.4. The molecule has 1 amide bonds. The molecule has 0 saturated carbocycles. The number of halogens is 1. The first kappa shape index (κ1) is 15.2. The summed E-state index contributed by atoms with van der Waals surface area (Å²) in [5.41, 5.74) is 8.17. The van der Waals surface area contributed by atoms with Gasteiger partial charge < -0.3 is 15.8 Å². The molecular weight excluding hydrogens is 288 g/mol. The topological polar surface area (TPSA) is 64.3 Å². The summed E-state index contributed by atoms with van der Waals surface area (Å²) in [4.78, 5) is 12.4. The molecule has 5 heteroatoms. The molecule has 0 spiro atoms. The zero-order valence-corrected chi connectivity index (χ0v) is 12.7. The molecular formula is C16H17ClN2O2. The van der Waals surface area contributed by atoms with Crippen molar-refractivity contribution in [1.29, 1.82) is 0 Å². The number of ether oxygens (including phenoxy) is 1. The number of anilines is 2. The number of benzene rings is 2. The molecule has 0 aromatic heterocycles. The van der Waals surface area contributed by atoms with Gasteiger partial charge in [-0.2, -0.15) is 0 Å². The van der Waals surface area contributed by atoms with E-state index in [4.69, 9.17) is 22.1 Å². The Morgan fingerprint density at radius 2 is 2.05 bits per heavy atom. The summed E-state index contributed by atoms with van der Waals surface area (Å²) >= 11 is 6.00.